The zero-order chi connectivity index (χ0) is 15.7. The van der Waals surface area contributed by atoms with Gasteiger partial charge in [0.2, 0.25) is 11.8 Å². The van der Waals surface area contributed by atoms with E-state index in [4.69, 9.17) is 0 Å². The quantitative estimate of drug-likeness (QED) is 0.938. The minimum Gasteiger partial charge on any atom is -0.337 e. The van der Waals surface area contributed by atoms with E-state index in [9.17, 15) is 9.59 Å². The molecule has 0 unspecified atom stereocenters. The van der Waals surface area contributed by atoms with Gasteiger partial charge >= 0.3 is 0 Å². The van der Waals surface area contributed by atoms with Crippen LogP contribution in [0.15, 0.2) is 23.7 Å². The number of aromatic nitrogens is 1. The van der Waals surface area contributed by atoms with Crippen molar-refractivity contribution in [3.05, 3.63) is 33.5 Å². The van der Waals surface area contributed by atoms with Crippen molar-refractivity contribution in [2.45, 2.75) is 25.8 Å². The first-order chi connectivity index (χ1) is 10.6. The first kappa shape index (κ1) is 15.2. The summed E-state index contributed by atoms with van der Waals surface area (Å²) in [5, 5.41) is 5.49. The molecule has 0 aliphatic carbocycles. The van der Waals surface area contributed by atoms with E-state index in [1.807, 2.05) is 24.4 Å². The van der Waals surface area contributed by atoms with Crippen molar-refractivity contribution in [1.29, 1.82) is 0 Å². The van der Waals surface area contributed by atoms with Gasteiger partial charge in [-0.05, 0) is 24.8 Å². The van der Waals surface area contributed by atoms with E-state index < -0.39 is 0 Å². The van der Waals surface area contributed by atoms with Gasteiger partial charge in [-0.15, -0.1) is 22.7 Å². The van der Waals surface area contributed by atoms with Crippen LogP contribution in [-0.4, -0.2) is 28.7 Å². The summed E-state index contributed by atoms with van der Waals surface area (Å²) < 4.78 is 0. The van der Waals surface area contributed by atoms with Crippen LogP contribution in [0.4, 0.5) is 5.13 Å². The number of likely N-dealkylation sites (tertiary alicyclic amines) is 1. The van der Waals surface area contributed by atoms with Crippen molar-refractivity contribution < 1.29 is 9.59 Å². The molecule has 5 nitrogen and oxygen atoms in total. The SMILES string of the molecule is Cc1cnc(NC(=O)[C@H]2CCC(=O)N(C)[C@H]2c2cccs2)s1. The lowest BCUT2D eigenvalue weighted by atomic mass is 9.87. The monoisotopic (exact) mass is 335 g/mol. The highest BCUT2D eigenvalue weighted by Gasteiger charge is 2.39. The lowest BCUT2D eigenvalue weighted by Crippen LogP contribution is -2.44. The molecule has 116 valence electrons. The number of nitrogens with zero attached hydrogens (tertiary/aromatic N) is 2. The predicted molar refractivity (Wildman–Crippen MR) is 88.0 cm³/mol. The Morgan fingerprint density at radius 1 is 1.50 bits per heavy atom. The summed E-state index contributed by atoms with van der Waals surface area (Å²) in [5.41, 5.74) is 0. The first-order valence-corrected chi connectivity index (χ1v) is 8.78. The minimum absolute atomic E-state index is 0.0629. The van der Waals surface area contributed by atoms with Crippen LogP contribution in [0, 0.1) is 12.8 Å². The van der Waals surface area contributed by atoms with E-state index in [1.54, 1.807) is 29.5 Å². The summed E-state index contributed by atoms with van der Waals surface area (Å²) in [6.07, 6.45) is 2.73. The summed E-state index contributed by atoms with van der Waals surface area (Å²) >= 11 is 3.04. The largest absolute Gasteiger partial charge is 0.337 e. The third-order valence-corrected chi connectivity index (χ3v) is 5.66. The highest BCUT2D eigenvalue weighted by atomic mass is 32.1. The molecule has 7 heteroatoms. The summed E-state index contributed by atoms with van der Waals surface area (Å²) in [6, 6.07) is 3.74. The number of anilines is 1. The van der Waals surface area contributed by atoms with Gasteiger partial charge in [-0.2, -0.15) is 0 Å². The molecule has 3 rings (SSSR count). The number of thiazole rings is 1. The van der Waals surface area contributed by atoms with Gasteiger partial charge in [0.25, 0.3) is 0 Å². The van der Waals surface area contributed by atoms with Gasteiger partial charge < -0.3 is 10.2 Å². The van der Waals surface area contributed by atoms with Gasteiger partial charge in [-0.3, -0.25) is 9.59 Å². The molecule has 0 bridgehead atoms. The number of piperidine rings is 1. The van der Waals surface area contributed by atoms with Crippen LogP contribution >= 0.6 is 22.7 Å². The fraction of sp³-hybridized carbons (Fsp3) is 0.400. The van der Waals surface area contributed by atoms with E-state index >= 15 is 0 Å². The van der Waals surface area contributed by atoms with Crippen LogP contribution in [-0.2, 0) is 9.59 Å². The first-order valence-electron chi connectivity index (χ1n) is 7.08. The second kappa shape index (κ2) is 6.18. The average molecular weight is 335 g/mol. The van der Waals surface area contributed by atoms with E-state index in [1.165, 1.54) is 11.3 Å². The minimum atomic E-state index is -0.245. The van der Waals surface area contributed by atoms with Crippen molar-refractivity contribution in [3.8, 4) is 0 Å². The molecule has 0 radical (unpaired) electrons. The average Bonchev–Trinajstić information content (AvgIpc) is 3.13. The Balaban J connectivity index is 1.83. The Bertz CT molecular complexity index is 681. The fourth-order valence-corrected chi connectivity index (χ4v) is 4.37. The van der Waals surface area contributed by atoms with Crippen LogP contribution in [0.1, 0.15) is 28.6 Å². The Morgan fingerprint density at radius 3 is 2.95 bits per heavy atom. The smallest absolute Gasteiger partial charge is 0.231 e. The van der Waals surface area contributed by atoms with Gasteiger partial charge in [0.1, 0.15) is 0 Å². The lowest BCUT2D eigenvalue weighted by Gasteiger charge is -2.37. The lowest BCUT2D eigenvalue weighted by molar-refractivity contribution is -0.140. The molecule has 1 aliphatic rings. The molecule has 1 N–H and O–H groups in total. The normalized spacial score (nSPS) is 21.9. The topological polar surface area (TPSA) is 62.3 Å². The molecule has 1 aliphatic heterocycles. The highest BCUT2D eigenvalue weighted by Crippen LogP contribution is 2.38. The van der Waals surface area contributed by atoms with Crippen molar-refractivity contribution in [1.82, 2.24) is 9.88 Å². The molecule has 2 atom stereocenters. The van der Waals surface area contributed by atoms with E-state index in [-0.39, 0.29) is 23.8 Å². The van der Waals surface area contributed by atoms with E-state index in [2.05, 4.69) is 10.3 Å². The molecule has 2 amide bonds. The van der Waals surface area contributed by atoms with Gasteiger partial charge in [0, 0.05) is 29.4 Å². The van der Waals surface area contributed by atoms with Crippen molar-refractivity contribution in [2.75, 3.05) is 12.4 Å². The van der Waals surface area contributed by atoms with Crippen LogP contribution in [0.3, 0.4) is 0 Å². The van der Waals surface area contributed by atoms with Gasteiger partial charge in [0.05, 0.1) is 12.0 Å². The molecule has 22 heavy (non-hydrogen) atoms. The summed E-state index contributed by atoms with van der Waals surface area (Å²) in [5.74, 6) is -0.217. The van der Waals surface area contributed by atoms with Crippen LogP contribution < -0.4 is 5.32 Å². The van der Waals surface area contributed by atoms with Crippen molar-refractivity contribution in [2.24, 2.45) is 5.92 Å². The molecule has 0 spiro atoms. The maximum absolute atomic E-state index is 12.7. The number of thiophene rings is 1. The third-order valence-electron chi connectivity index (χ3n) is 3.88. The Morgan fingerprint density at radius 2 is 2.32 bits per heavy atom. The summed E-state index contributed by atoms with van der Waals surface area (Å²) in [4.78, 5) is 32.7. The zero-order valence-electron chi connectivity index (χ0n) is 12.4. The van der Waals surface area contributed by atoms with Crippen LogP contribution in [0.25, 0.3) is 0 Å². The fourth-order valence-electron chi connectivity index (χ4n) is 2.77. The number of carbonyl (C=O) groups is 2. The Kier molecular flexibility index (Phi) is 4.26. The molecular weight excluding hydrogens is 318 g/mol. The van der Waals surface area contributed by atoms with Crippen molar-refractivity contribution >= 4 is 39.6 Å². The van der Waals surface area contributed by atoms with Crippen molar-refractivity contribution in [3.63, 3.8) is 0 Å². The predicted octanol–water partition coefficient (Wildman–Crippen LogP) is 3.06. The molecule has 0 saturated carbocycles. The number of amides is 2. The summed E-state index contributed by atoms with van der Waals surface area (Å²) in [6.45, 7) is 1.95. The maximum Gasteiger partial charge on any atom is 0.231 e. The zero-order valence-corrected chi connectivity index (χ0v) is 14.0. The molecular formula is C15H17N3O2S2. The maximum atomic E-state index is 12.7. The van der Waals surface area contributed by atoms with E-state index in [0.717, 1.165) is 9.75 Å². The number of rotatable bonds is 3. The number of carbonyl (C=O) groups excluding carboxylic acids is 2. The van der Waals surface area contributed by atoms with E-state index in [0.29, 0.717) is 18.0 Å². The number of aryl methyl sites for hydroxylation is 1. The molecule has 2 aromatic heterocycles. The highest BCUT2D eigenvalue weighted by molar-refractivity contribution is 7.15. The second-order valence-corrected chi connectivity index (χ2v) is 7.59. The molecule has 2 aromatic rings. The molecule has 0 aromatic carbocycles. The molecule has 1 saturated heterocycles. The molecule has 3 heterocycles. The Hall–Kier alpha value is -1.73. The number of nitrogens with one attached hydrogen (secondary N) is 1. The Labute approximate surface area is 137 Å². The number of hydrogen-bond acceptors (Lipinski definition) is 5. The van der Waals surface area contributed by atoms with Gasteiger partial charge in [0.15, 0.2) is 5.13 Å². The van der Waals surface area contributed by atoms with Gasteiger partial charge in [-0.25, -0.2) is 4.98 Å². The number of hydrogen-bond donors (Lipinski definition) is 1. The third kappa shape index (κ3) is 2.91. The van der Waals surface area contributed by atoms with Crippen LogP contribution in [0.5, 0.6) is 0 Å². The van der Waals surface area contributed by atoms with Gasteiger partial charge in [-0.1, -0.05) is 6.07 Å². The van der Waals surface area contributed by atoms with Crippen LogP contribution in [0.2, 0.25) is 0 Å². The molecule has 1 fully saturated rings. The second-order valence-electron chi connectivity index (χ2n) is 5.38. The standard InChI is InChI=1S/C15H17N3O2S2/c1-9-8-16-15(22-9)17-14(20)10-5-6-12(19)18(2)13(10)11-4-3-7-21-11/h3-4,7-8,10,13H,5-6H2,1-2H3,(H,16,17,20)/t10-,13+/m0/s1. The summed E-state index contributed by atoms with van der Waals surface area (Å²) in [7, 11) is 1.78.